The Labute approximate surface area is 153 Å². The van der Waals surface area contributed by atoms with Crippen LogP contribution in [0.4, 0.5) is 11.4 Å². The molecule has 7 nitrogen and oxygen atoms in total. The molecule has 138 valence electrons. The van der Waals surface area contributed by atoms with Gasteiger partial charge in [0.2, 0.25) is 11.8 Å². The highest BCUT2D eigenvalue weighted by Crippen LogP contribution is 2.30. The van der Waals surface area contributed by atoms with Crippen molar-refractivity contribution in [1.82, 2.24) is 9.78 Å². The number of hydrogen-bond acceptors (Lipinski definition) is 4. The molecule has 2 aromatic rings. The van der Waals surface area contributed by atoms with Crippen LogP contribution in [0.1, 0.15) is 41.6 Å². The molecule has 1 fully saturated rings. The Balaban J connectivity index is 1.73. The van der Waals surface area contributed by atoms with Crippen LogP contribution in [0.25, 0.3) is 0 Å². The van der Waals surface area contributed by atoms with E-state index >= 15 is 0 Å². The quantitative estimate of drug-likeness (QED) is 0.830. The number of aromatic nitrogens is 2. The van der Waals surface area contributed by atoms with Gasteiger partial charge in [0.15, 0.2) is 0 Å². The molecule has 0 spiro atoms. The van der Waals surface area contributed by atoms with Gasteiger partial charge in [-0.25, -0.2) is 0 Å². The minimum atomic E-state index is -0.499. The minimum Gasteiger partial charge on any atom is -0.370 e. The van der Waals surface area contributed by atoms with Gasteiger partial charge in [0.25, 0.3) is 0 Å². The van der Waals surface area contributed by atoms with Crippen molar-refractivity contribution in [2.75, 3.05) is 23.3 Å². The number of carbonyl (C=O) groups excluding carboxylic acids is 2. The predicted octanol–water partition coefficient (Wildman–Crippen LogP) is 2.08. The van der Waals surface area contributed by atoms with Crippen LogP contribution in [0.5, 0.6) is 0 Å². The lowest BCUT2D eigenvalue weighted by atomic mass is 10.1. The summed E-state index contributed by atoms with van der Waals surface area (Å²) >= 11 is 0. The first-order valence-electron chi connectivity index (χ1n) is 8.99. The van der Waals surface area contributed by atoms with E-state index in [0.717, 1.165) is 37.2 Å². The number of rotatable bonds is 6. The Hall–Kier alpha value is -2.83. The summed E-state index contributed by atoms with van der Waals surface area (Å²) in [6.45, 7) is 1.91. The van der Waals surface area contributed by atoms with E-state index in [1.54, 1.807) is 23.0 Å². The van der Waals surface area contributed by atoms with Crippen molar-refractivity contribution in [3.63, 3.8) is 0 Å². The topological polar surface area (TPSA) is 93.2 Å². The monoisotopic (exact) mass is 355 g/mol. The molecule has 2 heterocycles. The number of nitrogens with two attached hydrogens (primary N) is 1. The molecule has 7 heteroatoms. The fraction of sp³-hybridized carbons (Fsp3) is 0.421. The van der Waals surface area contributed by atoms with E-state index in [2.05, 4.69) is 15.3 Å². The van der Waals surface area contributed by atoms with E-state index in [1.165, 1.54) is 6.42 Å². The Bertz CT molecular complexity index is 793. The molecule has 1 aliphatic heterocycles. The molecule has 0 unspecified atom stereocenters. The number of nitrogens with zero attached hydrogens (tertiary/aromatic N) is 3. The summed E-state index contributed by atoms with van der Waals surface area (Å²) in [7, 11) is 1.85. The lowest BCUT2D eigenvalue weighted by Crippen LogP contribution is -2.30. The lowest BCUT2D eigenvalue weighted by molar-refractivity contribution is -0.116. The van der Waals surface area contributed by atoms with Gasteiger partial charge in [0.1, 0.15) is 0 Å². The summed E-state index contributed by atoms with van der Waals surface area (Å²) in [5.41, 5.74) is 8.42. The van der Waals surface area contributed by atoms with Gasteiger partial charge >= 0.3 is 0 Å². The second-order valence-corrected chi connectivity index (χ2v) is 6.71. The minimum absolute atomic E-state index is 0.0891. The number of primary amides is 1. The van der Waals surface area contributed by atoms with Gasteiger partial charge in [-0.3, -0.25) is 14.3 Å². The van der Waals surface area contributed by atoms with Gasteiger partial charge in [-0.2, -0.15) is 5.10 Å². The van der Waals surface area contributed by atoms with Crippen molar-refractivity contribution in [3.8, 4) is 0 Å². The third-order valence-electron chi connectivity index (χ3n) is 4.65. The van der Waals surface area contributed by atoms with E-state index < -0.39 is 5.91 Å². The maximum atomic E-state index is 12.4. The van der Waals surface area contributed by atoms with Crippen LogP contribution in [0.2, 0.25) is 0 Å². The molecule has 0 saturated carbocycles. The number of anilines is 2. The van der Waals surface area contributed by atoms with E-state index in [-0.39, 0.29) is 5.91 Å². The molecule has 1 aromatic carbocycles. The second-order valence-electron chi connectivity index (χ2n) is 6.71. The van der Waals surface area contributed by atoms with Gasteiger partial charge in [0, 0.05) is 38.3 Å². The molecule has 3 rings (SSSR count). The zero-order chi connectivity index (χ0) is 18.5. The number of hydrogen-bond donors (Lipinski definition) is 2. The summed E-state index contributed by atoms with van der Waals surface area (Å²) in [6, 6.07) is 5.27. The smallest absolute Gasteiger partial charge is 0.248 e. The van der Waals surface area contributed by atoms with Crippen LogP contribution in [-0.2, 0) is 18.3 Å². The molecule has 1 aromatic heterocycles. The molecule has 3 N–H and O–H groups in total. The SMILES string of the molecule is Cn1cc(CCC(=O)Nc2cc(C(N)=O)ccc2N2CCCCC2)cn1. The number of aryl methyl sites for hydroxylation is 2. The van der Waals surface area contributed by atoms with Crippen molar-refractivity contribution in [2.24, 2.45) is 12.8 Å². The predicted molar refractivity (Wildman–Crippen MR) is 101 cm³/mol. The van der Waals surface area contributed by atoms with Crippen molar-refractivity contribution >= 4 is 23.2 Å². The van der Waals surface area contributed by atoms with Crippen LogP contribution < -0.4 is 16.0 Å². The summed E-state index contributed by atoms with van der Waals surface area (Å²) in [6.07, 6.45) is 8.13. The molecular weight excluding hydrogens is 330 g/mol. The Morgan fingerprint density at radius 1 is 1.23 bits per heavy atom. The van der Waals surface area contributed by atoms with Crippen LogP contribution >= 0.6 is 0 Å². The van der Waals surface area contributed by atoms with E-state index in [0.29, 0.717) is 24.1 Å². The molecule has 1 aliphatic rings. The fourth-order valence-corrected chi connectivity index (χ4v) is 3.27. The van der Waals surface area contributed by atoms with Gasteiger partial charge in [-0.1, -0.05) is 0 Å². The molecule has 0 aliphatic carbocycles. The number of amides is 2. The van der Waals surface area contributed by atoms with Gasteiger partial charge in [0.05, 0.1) is 17.6 Å². The summed E-state index contributed by atoms with van der Waals surface area (Å²) in [4.78, 5) is 26.2. The fourth-order valence-electron chi connectivity index (χ4n) is 3.27. The van der Waals surface area contributed by atoms with Crippen molar-refractivity contribution < 1.29 is 9.59 Å². The Morgan fingerprint density at radius 2 is 2.00 bits per heavy atom. The summed E-state index contributed by atoms with van der Waals surface area (Å²) in [5.74, 6) is -0.588. The van der Waals surface area contributed by atoms with Crippen LogP contribution in [0.3, 0.4) is 0 Å². The zero-order valence-corrected chi connectivity index (χ0v) is 15.1. The highest BCUT2D eigenvalue weighted by atomic mass is 16.2. The molecule has 1 saturated heterocycles. The maximum absolute atomic E-state index is 12.4. The average Bonchev–Trinajstić information content (AvgIpc) is 3.06. The molecule has 26 heavy (non-hydrogen) atoms. The number of carbonyl (C=O) groups is 2. The maximum Gasteiger partial charge on any atom is 0.248 e. The van der Waals surface area contributed by atoms with Crippen molar-refractivity contribution in [2.45, 2.75) is 32.1 Å². The molecule has 2 amide bonds. The van der Waals surface area contributed by atoms with E-state index in [9.17, 15) is 9.59 Å². The first kappa shape index (κ1) is 18.0. The average molecular weight is 355 g/mol. The van der Waals surface area contributed by atoms with Crippen molar-refractivity contribution in [3.05, 3.63) is 41.7 Å². The van der Waals surface area contributed by atoms with Gasteiger partial charge in [-0.15, -0.1) is 0 Å². The first-order valence-corrected chi connectivity index (χ1v) is 8.99. The highest BCUT2D eigenvalue weighted by Gasteiger charge is 2.17. The third kappa shape index (κ3) is 4.41. The van der Waals surface area contributed by atoms with E-state index in [1.807, 2.05) is 19.3 Å². The Morgan fingerprint density at radius 3 is 2.65 bits per heavy atom. The van der Waals surface area contributed by atoms with Crippen molar-refractivity contribution in [1.29, 1.82) is 0 Å². The highest BCUT2D eigenvalue weighted by molar-refractivity contribution is 5.99. The number of nitrogens with one attached hydrogen (secondary N) is 1. The first-order chi connectivity index (χ1) is 12.5. The second kappa shape index (κ2) is 8.03. The van der Waals surface area contributed by atoms with Crippen LogP contribution in [0.15, 0.2) is 30.6 Å². The standard InChI is InChI=1S/C19H25N5O2/c1-23-13-14(12-21-23)5-8-18(25)22-16-11-15(19(20)26)6-7-17(16)24-9-3-2-4-10-24/h6-7,11-13H,2-5,8-10H2,1H3,(H2,20,26)(H,22,25). The molecular formula is C19H25N5O2. The lowest BCUT2D eigenvalue weighted by Gasteiger charge is -2.30. The summed E-state index contributed by atoms with van der Waals surface area (Å²) < 4.78 is 1.72. The largest absolute Gasteiger partial charge is 0.370 e. The zero-order valence-electron chi connectivity index (χ0n) is 15.1. The normalized spacial score (nSPS) is 14.3. The van der Waals surface area contributed by atoms with E-state index in [4.69, 9.17) is 5.73 Å². The van der Waals surface area contributed by atoms with Gasteiger partial charge in [-0.05, 0) is 49.4 Å². The van der Waals surface area contributed by atoms with Crippen LogP contribution in [-0.4, -0.2) is 34.7 Å². The summed E-state index contributed by atoms with van der Waals surface area (Å²) in [5, 5.41) is 7.08. The number of piperidine rings is 1. The molecule has 0 radical (unpaired) electrons. The van der Waals surface area contributed by atoms with Crippen LogP contribution in [0, 0.1) is 0 Å². The Kier molecular flexibility index (Phi) is 5.55. The molecule has 0 atom stereocenters. The third-order valence-corrected chi connectivity index (χ3v) is 4.65. The van der Waals surface area contributed by atoms with Gasteiger partial charge < -0.3 is 16.0 Å². The number of benzene rings is 1. The molecule has 0 bridgehead atoms.